The summed E-state index contributed by atoms with van der Waals surface area (Å²) in [5.41, 5.74) is 11.4. The summed E-state index contributed by atoms with van der Waals surface area (Å²) in [5, 5.41) is 0. The second-order valence-corrected chi connectivity index (χ2v) is 2.28. The van der Waals surface area contributed by atoms with Crippen molar-refractivity contribution in [2.45, 2.75) is 0 Å². The summed E-state index contributed by atoms with van der Waals surface area (Å²) in [4.78, 5) is 4.15. The van der Waals surface area contributed by atoms with Gasteiger partial charge in [0.2, 0.25) is 0 Å². The fourth-order valence-electron chi connectivity index (χ4n) is 0.551. The van der Waals surface area contributed by atoms with E-state index >= 15 is 0 Å². The summed E-state index contributed by atoms with van der Waals surface area (Å²) in [5.74, 6) is 0.472. The van der Waals surface area contributed by atoms with Gasteiger partial charge < -0.3 is 11.5 Å². The lowest BCUT2D eigenvalue weighted by atomic mass is 10.3. The molecule has 1 rings (SSSR count). The Labute approximate surface area is 64.1 Å². The highest BCUT2D eigenvalue weighted by Gasteiger charge is 1.93. The number of nitrogen functional groups attached to an aromatic ring is 1. The summed E-state index contributed by atoms with van der Waals surface area (Å²) < 4.78 is 0. The van der Waals surface area contributed by atoms with Crippen LogP contribution in [0.25, 0.3) is 0 Å². The molecule has 0 spiro atoms. The van der Waals surface area contributed by atoms with Crippen LogP contribution in [0.3, 0.4) is 0 Å². The summed E-state index contributed by atoms with van der Waals surface area (Å²) in [6.07, 6.45) is 1.55. The maximum absolute atomic E-state index is 5.33. The van der Waals surface area contributed by atoms with Crippen LogP contribution in [-0.2, 0) is 0 Å². The highest BCUT2D eigenvalue weighted by Crippen LogP contribution is 1.99. The minimum Gasteiger partial charge on any atom is -0.389 e. The fourth-order valence-corrected chi connectivity index (χ4v) is 0.672. The topological polar surface area (TPSA) is 64.9 Å². The van der Waals surface area contributed by atoms with E-state index in [1.807, 2.05) is 0 Å². The number of hydrogen-bond donors (Lipinski definition) is 2. The fraction of sp³-hybridized carbons (Fsp3) is 0. The standard InChI is InChI=1S/C6H7N3S/c7-5-2-1-4(3-9-5)6(8)10/h1-3H,(H2,7,9)(H2,8,10). The second-order valence-electron chi connectivity index (χ2n) is 1.84. The first-order valence-electron chi connectivity index (χ1n) is 2.71. The van der Waals surface area contributed by atoms with Crippen molar-refractivity contribution in [2.75, 3.05) is 5.73 Å². The average Bonchev–Trinajstić information content (AvgIpc) is 1.88. The molecular formula is C6H7N3S. The van der Waals surface area contributed by atoms with Gasteiger partial charge in [-0.15, -0.1) is 0 Å². The van der Waals surface area contributed by atoms with Crippen LogP contribution in [0.2, 0.25) is 0 Å². The normalized spacial score (nSPS) is 9.20. The molecule has 1 aromatic heterocycles. The van der Waals surface area contributed by atoms with Gasteiger partial charge in [0.1, 0.15) is 10.8 Å². The van der Waals surface area contributed by atoms with E-state index in [0.29, 0.717) is 10.8 Å². The zero-order chi connectivity index (χ0) is 7.56. The Balaban J connectivity index is 3.00. The first kappa shape index (κ1) is 6.95. The third-order valence-corrected chi connectivity index (χ3v) is 1.31. The number of anilines is 1. The molecule has 0 aliphatic rings. The summed E-state index contributed by atoms with van der Waals surface area (Å²) in [6.45, 7) is 0. The molecule has 0 aliphatic carbocycles. The van der Waals surface area contributed by atoms with Gasteiger partial charge in [-0.05, 0) is 12.1 Å². The summed E-state index contributed by atoms with van der Waals surface area (Å²) in [6, 6.07) is 3.40. The number of thiocarbonyl (C=S) groups is 1. The maximum atomic E-state index is 5.33. The van der Waals surface area contributed by atoms with Crippen molar-refractivity contribution >= 4 is 23.0 Å². The zero-order valence-corrected chi connectivity index (χ0v) is 6.06. The van der Waals surface area contributed by atoms with Crippen molar-refractivity contribution < 1.29 is 0 Å². The summed E-state index contributed by atoms with van der Waals surface area (Å²) >= 11 is 4.70. The smallest absolute Gasteiger partial charge is 0.123 e. The molecule has 0 aliphatic heterocycles. The Morgan fingerprint density at radius 3 is 2.60 bits per heavy atom. The Kier molecular flexibility index (Phi) is 1.82. The number of nitrogens with zero attached hydrogens (tertiary/aromatic N) is 1. The lowest BCUT2D eigenvalue weighted by Gasteiger charge is -1.95. The van der Waals surface area contributed by atoms with E-state index in [0.717, 1.165) is 5.56 Å². The quantitative estimate of drug-likeness (QED) is 0.569. The van der Waals surface area contributed by atoms with E-state index in [1.165, 1.54) is 0 Å². The van der Waals surface area contributed by atoms with Gasteiger partial charge in [0.05, 0.1) is 0 Å². The molecule has 0 saturated heterocycles. The van der Waals surface area contributed by atoms with Crippen LogP contribution in [0.4, 0.5) is 5.82 Å². The van der Waals surface area contributed by atoms with E-state index in [9.17, 15) is 0 Å². The lowest BCUT2D eigenvalue weighted by molar-refractivity contribution is 1.32. The van der Waals surface area contributed by atoms with Crippen LogP contribution >= 0.6 is 12.2 Å². The Hall–Kier alpha value is -1.16. The zero-order valence-electron chi connectivity index (χ0n) is 5.24. The van der Waals surface area contributed by atoms with Crippen LogP contribution < -0.4 is 11.5 Å². The lowest BCUT2D eigenvalue weighted by Crippen LogP contribution is -2.09. The predicted molar refractivity (Wildman–Crippen MR) is 44.5 cm³/mol. The molecule has 3 nitrogen and oxygen atoms in total. The molecule has 10 heavy (non-hydrogen) atoms. The van der Waals surface area contributed by atoms with Crippen LogP contribution in [-0.4, -0.2) is 9.97 Å². The number of aromatic nitrogens is 1. The Morgan fingerprint density at radius 2 is 2.20 bits per heavy atom. The van der Waals surface area contributed by atoms with Crippen LogP contribution in [0.1, 0.15) is 5.56 Å². The molecule has 0 fully saturated rings. The van der Waals surface area contributed by atoms with Crippen molar-refractivity contribution in [1.82, 2.24) is 4.98 Å². The third-order valence-electron chi connectivity index (χ3n) is 1.07. The van der Waals surface area contributed by atoms with Crippen molar-refractivity contribution in [3.05, 3.63) is 23.9 Å². The molecular weight excluding hydrogens is 146 g/mol. The van der Waals surface area contributed by atoms with Crippen LogP contribution in [0, 0.1) is 0 Å². The van der Waals surface area contributed by atoms with Crippen molar-refractivity contribution in [3.63, 3.8) is 0 Å². The molecule has 0 amide bonds. The predicted octanol–water partition coefficient (Wildman–Crippen LogP) is 0.298. The number of pyridine rings is 1. The molecule has 1 aromatic rings. The van der Waals surface area contributed by atoms with Crippen LogP contribution in [0.15, 0.2) is 18.3 Å². The molecule has 4 heteroatoms. The van der Waals surface area contributed by atoms with Gasteiger partial charge in [-0.1, -0.05) is 12.2 Å². The molecule has 1 heterocycles. The minimum atomic E-state index is 0.340. The van der Waals surface area contributed by atoms with Gasteiger partial charge in [0.15, 0.2) is 0 Å². The molecule has 0 bridgehead atoms. The molecule has 52 valence electrons. The monoisotopic (exact) mass is 153 g/mol. The Bertz CT molecular complexity index is 242. The molecule has 0 atom stereocenters. The van der Waals surface area contributed by atoms with Crippen molar-refractivity contribution in [3.8, 4) is 0 Å². The second kappa shape index (κ2) is 2.62. The highest BCUT2D eigenvalue weighted by molar-refractivity contribution is 7.80. The number of nitrogens with two attached hydrogens (primary N) is 2. The largest absolute Gasteiger partial charge is 0.389 e. The van der Waals surface area contributed by atoms with E-state index in [4.69, 9.17) is 23.7 Å². The number of rotatable bonds is 1. The molecule has 4 N–H and O–H groups in total. The SMILES string of the molecule is NC(=S)c1ccc(N)nc1. The van der Waals surface area contributed by atoms with Gasteiger partial charge in [-0.25, -0.2) is 4.98 Å². The molecule has 0 saturated carbocycles. The van der Waals surface area contributed by atoms with E-state index in [2.05, 4.69) is 4.98 Å². The highest BCUT2D eigenvalue weighted by atomic mass is 32.1. The van der Waals surface area contributed by atoms with Crippen molar-refractivity contribution in [1.29, 1.82) is 0 Å². The average molecular weight is 153 g/mol. The minimum absolute atomic E-state index is 0.340. The van der Waals surface area contributed by atoms with Crippen molar-refractivity contribution in [2.24, 2.45) is 5.73 Å². The van der Waals surface area contributed by atoms with E-state index in [-0.39, 0.29) is 0 Å². The van der Waals surface area contributed by atoms with Gasteiger partial charge in [-0.2, -0.15) is 0 Å². The van der Waals surface area contributed by atoms with Crippen LogP contribution in [0.5, 0.6) is 0 Å². The van der Waals surface area contributed by atoms with Gasteiger partial charge >= 0.3 is 0 Å². The summed E-state index contributed by atoms with van der Waals surface area (Å²) in [7, 11) is 0. The molecule has 0 unspecified atom stereocenters. The Morgan fingerprint density at radius 1 is 1.50 bits per heavy atom. The van der Waals surface area contributed by atoms with Gasteiger partial charge in [-0.3, -0.25) is 0 Å². The third kappa shape index (κ3) is 1.41. The first-order chi connectivity index (χ1) is 4.70. The van der Waals surface area contributed by atoms with E-state index < -0.39 is 0 Å². The first-order valence-corrected chi connectivity index (χ1v) is 3.12. The van der Waals surface area contributed by atoms with E-state index in [1.54, 1.807) is 18.3 Å². The molecule has 0 aromatic carbocycles. The maximum Gasteiger partial charge on any atom is 0.123 e. The molecule has 0 radical (unpaired) electrons. The van der Waals surface area contributed by atoms with Gasteiger partial charge in [0.25, 0.3) is 0 Å². The van der Waals surface area contributed by atoms with Gasteiger partial charge in [0, 0.05) is 11.8 Å². The number of hydrogen-bond acceptors (Lipinski definition) is 3.